The Morgan fingerprint density at radius 1 is 1.19 bits per heavy atom. The average molecular weight is 425 g/mol. The lowest BCUT2D eigenvalue weighted by atomic mass is 10.2. The summed E-state index contributed by atoms with van der Waals surface area (Å²) in [5.74, 6) is 0.641. The minimum Gasteiger partial charge on any atom is -0.379 e. The summed E-state index contributed by atoms with van der Waals surface area (Å²) in [4.78, 5) is 16.8. The van der Waals surface area contributed by atoms with Crippen molar-refractivity contribution in [1.29, 1.82) is 0 Å². The lowest BCUT2D eigenvalue weighted by Gasteiger charge is -2.25. The molecule has 0 unspecified atom stereocenters. The smallest absolute Gasteiger partial charge is 0.244 e. The Morgan fingerprint density at radius 3 is 2.74 bits per heavy atom. The monoisotopic (exact) mass is 424 g/mol. The predicted molar refractivity (Wildman–Crippen MR) is 113 cm³/mol. The van der Waals surface area contributed by atoms with Crippen molar-refractivity contribution in [1.82, 2.24) is 39.8 Å². The molecule has 164 valence electrons. The largest absolute Gasteiger partial charge is 0.379 e. The Labute approximate surface area is 181 Å². The number of rotatable bonds is 7. The van der Waals surface area contributed by atoms with Gasteiger partial charge in [-0.05, 0) is 48.0 Å². The first-order chi connectivity index (χ1) is 15.0. The molecule has 10 nitrogen and oxygen atoms in total. The van der Waals surface area contributed by atoms with Crippen LogP contribution in [0.3, 0.4) is 0 Å². The lowest BCUT2D eigenvalue weighted by molar-refractivity contribution is -0.131. The van der Waals surface area contributed by atoms with Crippen LogP contribution in [0.4, 0.5) is 0 Å². The van der Waals surface area contributed by atoms with Crippen molar-refractivity contribution in [3.63, 3.8) is 0 Å². The van der Waals surface area contributed by atoms with E-state index in [1.165, 1.54) is 0 Å². The molecule has 1 amide bonds. The van der Waals surface area contributed by atoms with Gasteiger partial charge in [-0.1, -0.05) is 12.1 Å². The second-order valence-corrected chi connectivity index (χ2v) is 7.90. The molecule has 2 aromatic heterocycles. The summed E-state index contributed by atoms with van der Waals surface area (Å²) in [6.45, 7) is 8.32. The number of amides is 1. The van der Waals surface area contributed by atoms with Crippen molar-refractivity contribution < 1.29 is 9.53 Å². The quantitative estimate of drug-likeness (QED) is 0.558. The van der Waals surface area contributed by atoms with Gasteiger partial charge in [0, 0.05) is 32.4 Å². The van der Waals surface area contributed by atoms with Gasteiger partial charge < -0.3 is 9.64 Å². The van der Waals surface area contributed by atoms with Gasteiger partial charge in [-0.2, -0.15) is 5.10 Å². The van der Waals surface area contributed by atoms with E-state index < -0.39 is 0 Å². The summed E-state index contributed by atoms with van der Waals surface area (Å²) in [6, 6.07) is 10.1. The van der Waals surface area contributed by atoms with Gasteiger partial charge in [-0.3, -0.25) is 9.69 Å². The topological polar surface area (TPSA) is 94.2 Å². The Hall–Kier alpha value is -3.11. The van der Waals surface area contributed by atoms with Crippen molar-refractivity contribution in [2.45, 2.75) is 33.5 Å². The Bertz CT molecular complexity index is 1040. The number of morpholine rings is 1. The minimum atomic E-state index is -0.0490. The van der Waals surface area contributed by atoms with E-state index in [2.05, 4.69) is 31.6 Å². The fourth-order valence-electron chi connectivity index (χ4n) is 3.71. The summed E-state index contributed by atoms with van der Waals surface area (Å²) >= 11 is 0. The van der Waals surface area contributed by atoms with Crippen LogP contribution in [-0.4, -0.2) is 79.0 Å². The Morgan fingerprint density at radius 2 is 2.00 bits per heavy atom. The fraction of sp³-hybridized carbons (Fsp3) is 0.476. The van der Waals surface area contributed by atoms with Crippen molar-refractivity contribution in [2.75, 3.05) is 33.4 Å². The standard InChI is InChI=1S/C21H28N8O2/c1-16-11-17(2)29(23-16)19-6-4-5-18(12-19)13-26(3)21(30)15-28-20(22-24-25-28)14-27-7-9-31-10-8-27/h4-6,11-12H,7-10,13-15H2,1-3H3. The second-order valence-electron chi connectivity index (χ2n) is 7.90. The first-order valence-corrected chi connectivity index (χ1v) is 10.4. The third kappa shape index (κ3) is 5.15. The van der Waals surface area contributed by atoms with Crippen molar-refractivity contribution >= 4 is 5.91 Å². The van der Waals surface area contributed by atoms with Crippen molar-refractivity contribution in [3.8, 4) is 5.69 Å². The van der Waals surface area contributed by atoms with Gasteiger partial charge in [0.15, 0.2) is 5.82 Å². The molecule has 0 radical (unpaired) electrons. The highest BCUT2D eigenvalue weighted by molar-refractivity contribution is 5.75. The third-order valence-corrected chi connectivity index (χ3v) is 5.37. The molecule has 0 N–H and O–H groups in total. The highest BCUT2D eigenvalue weighted by atomic mass is 16.5. The molecule has 3 aromatic rings. The maximum atomic E-state index is 12.8. The number of ether oxygens (including phenoxy) is 1. The van der Waals surface area contributed by atoms with E-state index in [0.717, 1.165) is 35.7 Å². The summed E-state index contributed by atoms with van der Waals surface area (Å²) in [7, 11) is 1.80. The highest BCUT2D eigenvalue weighted by Gasteiger charge is 2.18. The van der Waals surface area contributed by atoms with E-state index in [1.54, 1.807) is 16.6 Å². The zero-order valence-corrected chi connectivity index (χ0v) is 18.2. The number of hydrogen-bond acceptors (Lipinski definition) is 7. The van der Waals surface area contributed by atoms with Crippen LogP contribution < -0.4 is 0 Å². The zero-order chi connectivity index (χ0) is 21.8. The molecule has 4 rings (SSSR count). The molecule has 0 atom stereocenters. The number of aryl methyl sites for hydroxylation is 2. The van der Waals surface area contributed by atoms with E-state index in [9.17, 15) is 4.79 Å². The van der Waals surface area contributed by atoms with Gasteiger partial charge in [0.05, 0.1) is 31.1 Å². The normalized spacial score (nSPS) is 14.7. The predicted octanol–water partition coefficient (Wildman–Crippen LogP) is 0.966. The number of hydrogen-bond donors (Lipinski definition) is 0. The van der Waals surface area contributed by atoms with Gasteiger partial charge in [-0.25, -0.2) is 9.36 Å². The number of carbonyl (C=O) groups is 1. The maximum Gasteiger partial charge on any atom is 0.244 e. The zero-order valence-electron chi connectivity index (χ0n) is 18.2. The van der Waals surface area contributed by atoms with Crippen molar-refractivity contribution in [2.24, 2.45) is 0 Å². The van der Waals surface area contributed by atoms with E-state index in [-0.39, 0.29) is 12.5 Å². The van der Waals surface area contributed by atoms with E-state index in [1.807, 2.05) is 42.8 Å². The van der Waals surface area contributed by atoms with Crippen LogP contribution in [0, 0.1) is 13.8 Å². The maximum absolute atomic E-state index is 12.8. The Kier molecular flexibility index (Phi) is 6.38. The number of likely N-dealkylation sites (N-methyl/N-ethyl adjacent to an activating group) is 1. The van der Waals surface area contributed by atoms with Crippen LogP contribution in [0.2, 0.25) is 0 Å². The molecule has 3 heterocycles. The van der Waals surface area contributed by atoms with Gasteiger partial charge in [-0.15, -0.1) is 5.10 Å². The molecule has 0 aliphatic carbocycles. The molecule has 1 aliphatic heterocycles. The SMILES string of the molecule is Cc1cc(C)n(-c2cccc(CN(C)C(=O)Cn3nnnc3CN3CCOCC3)c2)n1. The number of nitrogens with zero attached hydrogens (tertiary/aromatic N) is 8. The van der Waals surface area contributed by atoms with Crippen LogP contribution in [0.25, 0.3) is 5.69 Å². The molecule has 31 heavy (non-hydrogen) atoms. The Balaban J connectivity index is 1.39. The lowest BCUT2D eigenvalue weighted by Crippen LogP contribution is -2.37. The first kappa shape index (κ1) is 21.1. The molecular weight excluding hydrogens is 396 g/mol. The number of carbonyl (C=O) groups excluding carboxylic acids is 1. The first-order valence-electron chi connectivity index (χ1n) is 10.4. The van der Waals surface area contributed by atoms with Crippen LogP contribution in [-0.2, 0) is 29.2 Å². The van der Waals surface area contributed by atoms with E-state index >= 15 is 0 Å². The van der Waals surface area contributed by atoms with E-state index in [0.29, 0.717) is 32.1 Å². The van der Waals surface area contributed by atoms with Gasteiger partial charge in [0.25, 0.3) is 0 Å². The number of benzene rings is 1. The summed E-state index contributed by atoms with van der Waals surface area (Å²) in [5.41, 5.74) is 4.07. The van der Waals surface area contributed by atoms with Crippen LogP contribution in [0.5, 0.6) is 0 Å². The molecule has 1 aliphatic rings. The summed E-state index contributed by atoms with van der Waals surface area (Å²) < 4.78 is 8.88. The molecule has 0 bridgehead atoms. The summed E-state index contributed by atoms with van der Waals surface area (Å²) in [6.07, 6.45) is 0. The molecule has 10 heteroatoms. The fourth-order valence-corrected chi connectivity index (χ4v) is 3.71. The van der Waals surface area contributed by atoms with Gasteiger partial charge in [0.1, 0.15) is 6.54 Å². The molecular formula is C21H28N8O2. The van der Waals surface area contributed by atoms with Crippen LogP contribution >= 0.6 is 0 Å². The molecule has 0 spiro atoms. The number of tetrazole rings is 1. The van der Waals surface area contributed by atoms with Crippen LogP contribution in [0.15, 0.2) is 30.3 Å². The second kappa shape index (κ2) is 9.36. The molecule has 1 aromatic carbocycles. The van der Waals surface area contributed by atoms with Crippen molar-refractivity contribution in [3.05, 3.63) is 53.1 Å². The summed E-state index contributed by atoms with van der Waals surface area (Å²) in [5, 5.41) is 16.4. The number of aromatic nitrogens is 6. The van der Waals surface area contributed by atoms with E-state index in [4.69, 9.17) is 4.74 Å². The molecule has 0 saturated carbocycles. The highest BCUT2D eigenvalue weighted by Crippen LogP contribution is 2.15. The molecule has 1 fully saturated rings. The van der Waals surface area contributed by atoms with Gasteiger partial charge >= 0.3 is 0 Å². The third-order valence-electron chi connectivity index (χ3n) is 5.37. The average Bonchev–Trinajstić information content (AvgIpc) is 3.34. The van der Waals surface area contributed by atoms with Crippen LogP contribution in [0.1, 0.15) is 22.8 Å². The molecule has 1 saturated heterocycles. The minimum absolute atomic E-state index is 0.0490. The van der Waals surface area contributed by atoms with Gasteiger partial charge in [0.2, 0.25) is 5.91 Å².